The van der Waals surface area contributed by atoms with Crippen molar-refractivity contribution >= 4 is 11.7 Å². The van der Waals surface area contributed by atoms with Gasteiger partial charge in [0.25, 0.3) is 0 Å². The minimum atomic E-state index is -0.00875. The van der Waals surface area contributed by atoms with Crippen molar-refractivity contribution in [1.82, 2.24) is 0 Å². The normalized spacial score (nSPS) is 11.8. The summed E-state index contributed by atoms with van der Waals surface area (Å²) < 4.78 is 11.2. The highest BCUT2D eigenvalue weighted by Crippen LogP contribution is 2.16. The second-order valence-electron chi connectivity index (χ2n) is 8.30. The molecule has 4 nitrogen and oxygen atoms in total. The fourth-order valence-electron chi connectivity index (χ4n) is 3.52. The van der Waals surface area contributed by atoms with Gasteiger partial charge in [0.05, 0.1) is 13.2 Å². The molecular formula is C26H45NO3. The molecule has 172 valence electrons. The second kappa shape index (κ2) is 18.1. The summed E-state index contributed by atoms with van der Waals surface area (Å²) >= 11 is 0. The van der Waals surface area contributed by atoms with Gasteiger partial charge < -0.3 is 14.8 Å². The number of hydrogen-bond acceptors (Lipinski definition) is 4. The standard InChI is InChI=1S/C26H45NO3/c1-4-6-15-23(5-2)22-30-26(28)16-13-11-9-7-8-10-12-14-21-29-25-19-17-24(27-3)18-20-25/h17-20,23,27H,4-16,21-22H2,1-3H3. The van der Waals surface area contributed by atoms with Gasteiger partial charge >= 0.3 is 5.97 Å². The number of ether oxygens (including phenoxy) is 2. The Hall–Kier alpha value is -1.71. The molecule has 1 N–H and O–H groups in total. The summed E-state index contributed by atoms with van der Waals surface area (Å²) in [4.78, 5) is 11.9. The molecule has 0 aliphatic rings. The van der Waals surface area contributed by atoms with Crippen molar-refractivity contribution in [1.29, 1.82) is 0 Å². The minimum absolute atomic E-state index is 0.00875. The van der Waals surface area contributed by atoms with Crippen molar-refractivity contribution in [3.8, 4) is 5.75 Å². The van der Waals surface area contributed by atoms with Crippen molar-refractivity contribution < 1.29 is 14.3 Å². The van der Waals surface area contributed by atoms with Crippen LogP contribution >= 0.6 is 0 Å². The Balaban J connectivity index is 1.88. The fraction of sp³-hybridized carbons (Fsp3) is 0.731. The number of hydrogen-bond donors (Lipinski definition) is 1. The number of nitrogens with one attached hydrogen (secondary N) is 1. The molecule has 0 aromatic heterocycles. The number of rotatable bonds is 19. The molecule has 1 atom stereocenters. The van der Waals surface area contributed by atoms with Gasteiger partial charge in [-0.1, -0.05) is 71.6 Å². The number of benzene rings is 1. The van der Waals surface area contributed by atoms with Gasteiger partial charge in [-0.25, -0.2) is 0 Å². The van der Waals surface area contributed by atoms with Gasteiger partial charge in [0.2, 0.25) is 0 Å². The van der Waals surface area contributed by atoms with E-state index < -0.39 is 0 Å². The first-order chi connectivity index (χ1) is 14.7. The van der Waals surface area contributed by atoms with Crippen LogP contribution in [0.2, 0.25) is 0 Å². The van der Waals surface area contributed by atoms with E-state index in [1.54, 1.807) is 0 Å². The van der Waals surface area contributed by atoms with Gasteiger partial charge in [-0.2, -0.15) is 0 Å². The molecule has 1 rings (SSSR count). The van der Waals surface area contributed by atoms with Gasteiger partial charge in [0.15, 0.2) is 0 Å². The molecule has 0 saturated heterocycles. The largest absolute Gasteiger partial charge is 0.494 e. The van der Waals surface area contributed by atoms with E-state index in [2.05, 4.69) is 19.2 Å². The van der Waals surface area contributed by atoms with Crippen LogP contribution in [0.1, 0.15) is 97.3 Å². The van der Waals surface area contributed by atoms with Crippen LogP contribution in [0.3, 0.4) is 0 Å². The number of esters is 1. The van der Waals surface area contributed by atoms with Crippen LogP contribution in [-0.4, -0.2) is 26.2 Å². The van der Waals surface area contributed by atoms with Crippen LogP contribution in [0.15, 0.2) is 24.3 Å². The summed E-state index contributed by atoms with van der Waals surface area (Å²) in [5.41, 5.74) is 1.10. The van der Waals surface area contributed by atoms with E-state index in [1.165, 1.54) is 51.4 Å². The third-order valence-corrected chi connectivity index (χ3v) is 5.71. The van der Waals surface area contributed by atoms with Crippen molar-refractivity contribution in [2.45, 2.75) is 97.3 Å². The summed E-state index contributed by atoms with van der Waals surface area (Å²) in [6.07, 6.45) is 14.7. The first-order valence-electron chi connectivity index (χ1n) is 12.3. The van der Waals surface area contributed by atoms with Crippen LogP contribution in [-0.2, 0) is 9.53 Å². The van der Waals surface area contributed by atoms with E-state index in [1.807, 2.05) is 31.3 Å². The summed E-state index contributed by atoms with van der Waals surface area (Å²) in [5, 5.41) is 3.11. The lowest BCUT2D eigenvalue weighted by molar-refractivity contribution is -0.145. The zero-order valence-corrected chi connectivity index (χ0v) is 19.7. The Morgan fingerprint density at radius 1 is 0.900 bits per heavy atom. The van der Waals surface area contributed by atoms with Gasteiger partial charge in [-0.3, -0.25) is 4.79 Å². The molecule has 0 heterocycles. The van der Waals surface area contributed by atoms with E-state index in [4.69, 9.17) is 9.47 Å². The maximum Gasteiger partial charge on any atom is 0.305 e. The number of anilines is 1. The molecular weight excluding hydrogens is 374 g/mol. The maximum atomic E-state index is 11.9. The highest BCUT2D eigenvalue weighted by atomic mass is 16.5. The van der Waals surface area contributed by atoms with Gasteiger partial charge in [0.1, 0.15) is 5.75 Å². The average molecular weight is 420 g/mol. The van der Waals surface area contributed by atoms with Crippen LogP contribution in [0.25, 0.3) is 0 Å². The molecule has 0 aliphatic carbocycles. The number of carbonyl (C=O) groups excluding carboxylic acids is 1. The highest BCUT2D eigenvalue weighted by Gasteiger charge is 2.09. The van der Waals surface area contributed by atoms with E-state index in [0.29, 0.717) is 18.9 Å². The van der Waals surface area contributed by atoms with E-state index in [-0.39, 0.29) is 5.97 Å². The molecule has 1 aromatic carbocycles. The first-order valence-corrected chi connectivity index (χ1v) is 12.3. The summed E-state index contributed by atoms with van der Waals surface area (Å²) in [6.45, 7) is 5.79. The summed E-state index contributed by atoms with van der Waals surface area (Å²) in [7, 11) is 1.92. The molecule has 0 fully saturated rings. The fourth-order valence-corrected chi connectivity index (χ4v) is 3.52. The van der Waals surface area contributed by atoms with Gasteiger partial charge in [0, 0.05) is 19.2 Å². The second-order valence-corrected chi connectivity index (χ2v) is 8.30. The zero-order valence-electron chi connectivity index (χ0n) is 19.7. The van der Waals surface area contributed by atoms with Crippen molar-refractivity contribution in [2.75, 3.05) is 25.6 Å². The molecule has 0 bridgehead atoms. The van der Waals surface area contributed by atoms with Crippen LogP contribution in [0, 0.1) is 5.92 Å². The molecule has 1 unspecified atom stereocenters. The topological polar surface area (TPSA) is 47.6 Å². The molecule has 0 radical (unpaired) electrons. The van der Waals surface area contributed by atoms with Crippen LogP contribution in [0.4, 0.5) is 5.69 Å². The molecule has 0 amide bonds. The molecule has 0 spiro atoms. The lowest BCUT2D eigenvalue weighted by Gasteiger charge is -2.14. The molecule has 0 aliphatic heterocycles. The van der Waals surface area contributed by atoms with Gasteiger partial charge in [-0.15, -0.1) is 0 Å². The summed E-state index contributed by atoms with van der Waals surface area (Å²) in [5.74, 6) is 1.47. The molecule has 30 heavy (non-hydrogen) atoms. The Kier molecular flexibility index (Phi) is 15.9. The van der Waals surface area contributed by atoms with E-state index >= 15 is 0 Å². The summed E-state index contributed by atoms with van der Waals surface area (Å²) in [6, 6.07) is 8.08. The van der Waals surface area contributed by atoms with Gasteiger partial charge in [-0.05, 0) is 49.4 Å². The smallest absolute Gasteiger partial charge is 0.305 e. The third-order valence-electron chi connectivity index (χ3n) is 5.71. The van der Waals surface area contributed by atoms with E-state index in [0.717, 1.165) is 43.7 Å². The number of carbonyl (C=O) groups is 1. The lowest BCUT2D eigenvalue weighted by atomic mass is 10.0. The predicted octanol–water partition coefficient (Wildman–Crippen LogP) is 7.38. The molecule has 0 saturated carbocycles. The van der Waals surface area contributed by atoms with Crippen LogP contribution < -0.4 is 10.1 Å². The predicted molar refractivity (Wildman–Crippen MR) is 127 cm³/mol. The Labute approximate surface area is 185 Å². The first kappa shape index (κ1) is 26.3. The van der Waals surface area contributed by atoms with Crippen molar-refractivity contribution in [3.63, 3.8) is 0 Å². The van der Waals surface area contributed by atoms with Crippen LogP contribution in [0.5, 0.6) is 5.75 Å². The average Bonchev–Trinajstić information content (AvgIpc) is 2.78. The molecule has 4 heteroatoms. The van der Waals surface area contributed by atoms with E-state index in [9.17, 15) is 4.79 Å². The quantitative estimate of drug-likeness (QED) is 0.188. The van der Waals surface area contributed by atoms with Crippen molar-refractivity contribution in [3.05, 3.63) is 24.3 Å². The maximum absolute atomic E-state index is 11.9. The SMILES string of the molecule is CCCCC(CC)COC(=O)CCCCCCCCCCOc1ccc(NC)cc1. The Morgan fingerprint density at radius 3 is 2.13 bits per heavy atom. The Bertz CT molecular complexity index is 530. The monoisotopic (exact) mass is 419 g/mol. The minimum Gasteiger partial charge on any atom is -0.494 e. The number of unbranched alkanes of at least 4 members (excludes halogenated alkanes) is 8. The molecule has 1 aromatic rings. The highest BCUT2D eigenvalue weighted by molar-refractivity contribution is 5.69. The van der Waals surface area contributed by atoms with Crippen molar-refractivity contribution in [2.24, 2.45) is 5.92 Å². The Morgan fingerprint density at radius 2 is 1.53 bits per heavy atom. The zero-order chi connectivity index (χ0) is 21.9. The third kappa shape index (κ3) is 13.5. The lowest BCUT2D eigenvalue weighted by Crippen LogP contribution is -2.13.